The van der Waals surface area contributed by atoms with E-state index in [1.165, 1.54) is 5.41 Å². The molecule has 0 aromatic carbocycles. The first kappa shape index (κ1) is 7.56. The average Bonchev–Trinajstić information content (AvgIpc) is 1.65. The van der Waals surface area contributed by atoms with Crippen LogP contribution in [0.2, 0.25) is 0 Å². The van der Waals surface area contributed by atoms with Crippen LogP contribution >= 0.6 is 12.6 Å². The van der Waals surface area contributed by atoms with Gasteiger partial charge in [0.1, 0.15) is 0 Å². The van der Waals surface area contributed by atoms with Gasteiger partial charge in [-0.1, -0.05) is 0 Å². The first-order valence-corrected chi connectivity index (χ1v) is 2.73. The molecule has 0 aliphatic rings. The summed E-state index contributed by atoms with van der Waals surface area (Å²) < 4.78 is 0. The minimum atomic E-state index is -0.0478. The predicted molar refractivity (Wildman–Crippen MR) is 38.5 cm³/mol. The molecular formula is C5H9NOS. The molecule has 0 spiro atoms. The lowest BCUT2D eigenvalue weighted by Gasteiger charge is -1.87. The van der Waals surface area contributed by atoms with E-state index >= 15 is 0 Å². The molecule has 2 nitrogen and oxygen atoms in total. The SMILES string of the molecule is CC(C)=N/C(O)=C\S. The summed E-state index contributed by atoms with van der Waals surface area (Å²) in [5, 5.41) is 9.87. The Kier molecular flexibility index (Phi) is 3.35. The molecule has 3 heteroatoms. The highest BCUT2D eigenvalue weighted by atomic mass is 32.1. The molecule has 8 heavy (non-hydrogen) atoms. The largest absolute Gasteiger partial charge is 0.493 e. The number of rotatable bonds is 1. The van der Waals surface area contributed by atoms with E-state index in [9.17, 15) is 0 Å². The van der Waals surface area contributed by atoms with Crippen LogP contribution in [0.3, 0.4) is 0 Å². The van der Waals surface area contributed by atoms with E-state index in [0.717, 1.165) is 5.71 Å². The molecular weight excluding hydrogens is 122 g/mol. The van der Waals surface area contributed by atoms with Crippen LogP contribution < -0.4 is 0 Å². The topological polar surface area (TPSA) is 32.6 Å². The van der Waals surface area contributed by atoms with Crippen LogP contribution in [-0.4, -0.2) is 10.8 Å². The molecule has 1 N–H and O–H groups in total. The summed E-state index contributed by atoms with van der Waals surface area (Å²) in [4.78, 5) is 3.65. The van der Waals surface area contributed by atoms with Crippen LogP contribution in [0.1, 0.15) is 13.8 Å². The van der Waals surface area contributed by atoms with Crippen LogP contribution in [0.25, 0.3) is 0 Å². The molecule has 0 aromatic heterocycles. The predicted octanol–water partition coefficient (Wildman–Crippen LogP) is 1.75. The van der Waals surface area contributed by atoms with Crippen molar-refractivity contribution in [3.05, 3.63) is 11.3 Å². The third kappa shape index (κ3) is 3.74. The summed E-state index contributed by atoms with van der Waals surface area (Å²) >= 11 is 3.67. The molecule has 0 saturated heterocycles. The van der Waals surface area contributed by atoms with Crippen molar-refractivity contribution in [3.63, 3.8) is 0 Å². The molecule has 0 aliphatic heterocycles. The lowest BCUT2D eigenvalue weighted by atomic mass is 10.5. The van der Waals surface area contributed by atoms with Gasteiger partial charge in [0, 0.05) is 11.1 Å². The zero-order chi connectivity index (χ0) is 6.57. The Morgan fingerprint density at radius 3 is 2.25 bits per heavy atom. The summed E-state index contributed by atoms with van der Waals surface area (Å²) in [6.07, 6.45) is 0. The normalized spacial score (nSPS) is 11.1. The number of nitrogens with zero attached hydrogens (tertiary/aromatic N) is 1. The first-order valence-electron chi connectivity index (χ1n) is 2.22. The van der Waals surface area contributed by atoms with Gasteiger partial charge in [-0.15, -0.1) is 12.6 Å². The highest BCUT2D eigenvalue weighted by Crippen LogP contribution is 1.92. The van der Waals surface area contributed by atoms with E-state index < -0.39 is 0 Å². The van der Waals surface area contributed by atoms with Crippen molar-refractivity contribution in [2.45, 2.75) is 13.8 Å². The Bertz CT molecular complexity index is 124. The Morgan fingerprint density at radius 2 is 2.12 bits per heavy atom. The summed E-state index contributed by atoms with van der Waals surface area (Å²) in [5.74, 6) is -0.0478. The molecule has 0 aromatic rings. The van der Waals surface area contributed by atoms with E-state index in [-0.39, 0.29) is 5.88 Å². The molecule has 0 atom stereocenters. The maximum absolute atomic E-state index is 8.63. The number of aliphatic hydroxyl groups excluding tert-OH is 1. The van der Waals surface area contributed by atoms with Gasteiger partial charge in [0.05, 0.1) is 0 Å². The van der Waals surface area contributed by atoms with Crippen molar-refractivity contribution >= 4 is 18.3 Å². The fourth-order valence-electron chi connectivity index (χ4n) is 0.258. The number of hydrogen-bond donors (Lipinski definition) is 2. The van der Waals surface area contributed by atoms with Crippen LogP contribution in [0.5, 0.6) is 0 Å². The smallest absolute Gasteiger partial charge is 0.216 e. The average molecular weight is 131 g/mol. The summed E-state index contributed by atoms with van der Waals surface area (Å²) in [6.45, 7) is 3.60. The molecule has 0 unspecified atom stereocenters. The van der Waals surface area contributed by atoms with Crippen molar-refractivity contribution in [1.29, 1.82) is 0 Å². The monoisotopic (exact) mass is 131 g/mol. The van der Waals surface area contributed by atoms with Crippen LogP contribution in [0.4, 0.5) is 0 Å². The molecule has 0 amide bonds. The Hall–Kier alpha value is -0.440. The van der Waals surface area contributed by atoms with Crippen LogP contribution in [0, 0.1) is 0 Å². The van der Waals surface area contributed by atoms with Gasteiger partial charge in [0.2, 0.25) is 5.88 Å². The zero-order valence-corrected chi connectivity index (χ0v) is 5.81. The lowest BCUT2D eigenvalue weighted by molar-refractivity contribution is 0.409. The summed E-state index contributed by atoms with van der Waals surface area (Å²) in [7, 11) is 0. The molecule has 0 aliphatic carbocycles. The van der Waals surface area contributed by atoms with Gasteiger partial charge in [-0.05, 0) is 13.8 Å². The van der Waals surface area contributed by atoms with Gasteiger partial charge < -0.3 is 5.11 Å². The van der Waals surface area contributed by atoms with E-state index in [1.807, 2.05) is 0 Å². The minimum Gasteiger partial charge on any atom is -0.493 e. The highest BCUT2D eigenvalue weighted by molar-refractivity contribution is 7.83. The van der Waals surface area contributed by atoms with Crippen molar-refractivity contribution < 1.29 is 5.11 Å². The van der Waals surface area contributed by atoms with Crippen molar-refractivity contribution in [3.8, 4) is 0 Å². The minimum absolute atomic E-state index is 0.0478. The van der Waals surface area contributed by atoms with Gasteiger partial charge in [0.15, 0.2) is 0 Å². The van der Waals surface area contributed by atoms with Gasteiger partial charge in [0.25, 0.3) is 0 Å². The van der Waals surface area contributed by atoms with Gasteiger partial charge in [-0.25, -0.2) is 4.99 Å². The maximum atomic E-state index is 8.63. The Labute approximate surface area is 54.4 Å². The number of thiol groups is 1. The molecule has 0 radical (unpaired) electrons. The van der Waals surface area contributed by atoms with E-state index in [1.54, 1.807) is 13.8 Å². The van der Waals surface area contributed by atoms with Gasteiger partial charge in [-0.2, -0.15) is 0 Å². The Balaban J connectivity index is 3.89. The second kappa shape index (κ2) is 3.55. The van der Waals surface area contributed by atoms with E-state index in [4.69, 9.17) is 5.11 Å². The summed E-state index contributed by atoms with van der Waals surface area (Å²) in [5.41, 5.74) is 0.813. The summed E-state index contributed by atoms with van der Waals surface area (Å²) in [6, 6.07) is 0. The third-order valence-electron chi connectivity index (χ3n) is 0.454. The molecule has 0 bridgehead atoms. The van der Waals surface area contributed by atoms with Crippen molar-refractivity contribution in [2.75, 3.05) is 0 Å². The molecule has 0 fully saturated rings. The van der Waals surface area contributed by atoms with E-state index in [0.29, 0.717) is 0 Å². The number of aliphatic hydroxyl groups is 1. The molecule has 0 saturated carbocycles. The van der Waals surface area contributed by atoms with E-state index in [2.05, 4.69) is 17.6 Å². The lowest BCUT2D eigenvalue weighted by Crippen LogP contribution is -1.81. The van der Waals surface area contributed by atoms with Crippen molar-refractivity contribution in [1.82, 2.24) is 0 Å². The van der Waals surface area contributed by atoms with Crippen LogP contribution in [-0.2, 0) is 0 Å². The third-order valence-corrected chi connectivity index (χ3v) is 0.685. The highest BCUT2D eigenvalue weighted by Gasteiger charge is 1.81. The quantitative estimate of drug-likeness (QED) is 0.317. The molecule has 0 rings (SSSR count). The van der Waals surface area contributed by atoms with Gasteiger partial charge >= 0.3 is 0 Å². The first-order chi connectivity index (χ1) is 3.66. The van der Waals surface area contributed by atoms with Crippen molar-refractivity contribution in [2.24, 2.45) is 4.99 Å². The zero-order valence-electron chi connectivity index (χ0n) is 4.92. The Morgan fingerprint density at radius 1 is 1.62 bits per heavy atom. The number of aliphatic imine (C=N–C) groups is 1. The number of hydrogen-bond acceptors (Lipinski definition) is 3. The fourth-order valence-corrected chi connectivity index (χ4v) is 0.316. The second-order valence-electron chi connectivity index (χ2n) is 1.55. The molecule has 0 heterocycles. The second-order valence-corrected chi connectivity index (χ2v) is 1.80. The molecule has 46 valence electrons. The maximum Gasteiger partial charge on any atom is 0.216 e. The van der Waals surface area contributed by atoms with Crippen LogP contribution in [0.15, 0.2) is 16.3 Å². The fraction of sp³-hybridized carbons (Fsp3) is 0.400. The van der Waals surface area contributed by atoms with Gasteiger partial charge in [-0.3, -0.25) is 0 Å². The standard InChI is InChI=1S/C5H9NOS/c1-4(2)6-5(7)3-8/h3,7-8H,1-2H3/b5-3+.